The van der Waals surface area contributed by atoms with Gasteiger partial charge in [-0.15, -0.1) is 0 Å². The molecule has 340 valence electrons. The first-order valence-electron chi connectivity index (χ1n) is 21.9. The Morgan fingerprint density at radius 3 is 1.78 bits per heavy atom. The summed E-state index contributed by atoms with van der Waals surface area (Å²) < 4.78 is 33.9. The third-order valence-corrected chi connectivity index (χ3v) is 15.1. The van der Waals surface area contributed by atoms with Crippen LogP contribution in [-0.2, 0) is 48.4 Å². The standard InChI is InChI=1S/C24H31N5O3Si.C24H29N5O2Si/c1-28-14-20(19-10-18(31-2)6-7-22(19)28)23-11-21-24(26-13-17(27-21)12-25-15-30)29(23)16-32-8-9-33(3,4)5;1-27-14-20(19-10-18(30-2)6-7-21(19)27)22-11-23-24(26-13-17-12-25-15-28(17)23)29(22)16-31-8-9-32(3,4)5/h6-7,10-11,13-15H,8-9,12,16H2,1-5H3,(H,25,30);6-7,10-15H,8-9,16H2,1-5H3. The Hall–Kier alpha value is -6.28. The van der Waals surface area contributed by atoms with Gasteiger partial charge >= 0.3 is 0 Å². The van der Waals surface area contributed by atoms with Gasteiger partial charge in [0.15, 0.2) is 11.3 Å². The molecule has 0 aliphatic heterocycles. The van der Waals surface area contributed by atoms with E-state index in [2.05, 4.69) is 127 Å². The molecule has 1 amide bonds. The zero-order valence-electron chi connectivity index (χ0n) is 39.2. The maximum Gasteiger partial charge on any atom is 0.207 e. The van der Waals surface area contributed by atoms with Crippen molar-refractivity contribution in [1.82, 2.24) is 47.9 Å². The predicted octanol–water partition coefficient (Wildman–Crippen LogP) is 9.32. The monoisotopic (exact) mass is 912 g/mol. The summed E-state index contributed by atoms with van der Waals surface area (Å²) in [5.74, 6) is 1.65. The molecule has 0 bridgehead atoms. The molecule has 0 fully saturated rings. The number of amides is 1. The first-order chi connectivity index (χ1) is 31.2. The van der Waals surface area contributed by atoms with Crippen LogP contribution in [0.5, 0.6) is 11.5 Å². The average Bonchev–Trinajstić information content (AvgIpc) is 4.11. The van der Waals surface area contributed by atoms with Crippen molar-refractivity contribution in [2.24, 2.45) is 14.1 Å². The summed E-state index contributed by atoms with van der Waals surface area (Å²) >= 11 is 0. The van der Waals surface area contributed by atoms with E-state index in [0.717, 1.165) is 102 Å². The van der Waals surface area contributed by atoms with E-state index in [-0.39, 0.29) is 0 Å². The second kappa shape index (κ2) is 18.7. The lowest BCUT2D eigenvalue weighted by atomic mass is 10.1. The lowest BCUT2D eigenvalue weighted by Crippen LogP contribution is -2.22. The van der Waals surface area contributed by atoms with Crippen molar-refractivity contribution in [2.45, 2.75) is 71.4 Å². The highest BCUT2D eigenvalue weighted by Crippen LogP contribution is 2.37. The average molecular weight is 913 g/mol. The van der Waals surface area contributed by atoms with E-state index in [4.69, 9.17) is 28.9 Å². The molecular weight excluding hydrogens is 853 g/mol. The number of hydrogen-bond donors (Lipinski definition) is 1. The normalized spacial score (nSPS) is 12.2. The molecule has 0 unspecified atom stereocenters. The molecule has 9 aromatic rings. The number of benzene rings is 2. The van der Waals surface area contributed by atoms with Gasteiger partial charge in [-0.2, -0.15) is 0 Å². The topological polar surface area (TPSA) is 142 Å². The number of carbonyl (C=O) groups is 1. The van der Waals surface area contributed by atoms with Crippen molar-refractivity contribution in [3.63, 3.8) is 0 Å². The minimum absolute atomic E-state index is 0.338. The largest absolute Gasteiger partial charge is 0.497 e. The van der Waals surface area contributed by atoms with Crippen LogP contribution in [0, 0.1) is 0 Å². The Balaban J connectivity index is 0.000000177. The maximum absolute atomic E-state index is 10.7. The van der Waals surface area contributed by atoms with Crippen molar-refractivity contribution in [1.29, 1.82) is 0 Å². The Labute approximate surface area is 381 Å². The van der Waals surface area contributed by atoms with Crippen molar-refractivity contribution >= 4 is 72.2 Å². The van der Waals surface area contributed by atoms with E-state index in [0.29, 0.717) is 38.7 Å². The first-order valence-corrected chi connectivity index (χ1v) is 29.3. The molecule has 0 radical (unpaired) electrons. The zero-order valence-corrected chi connectivity index (χ0v) is 41.2. The minimum atomic E-state index is -1.19. The van der Waals surface area contributed by atoms with Gasteiger partial charge < -0.3 is 33.4 Å². The Morgan fingerprint density at radius 1 is 0.677 bits per heavy atom. The molecule has 0 atom stereocenters. The van der Waals surface area contributed by atoms with E-state index in [9.17, 15) is 4.79 Å². The third kappa shape index (κ3) is 9.73. The van der Waals surface area contributed by atoms with Crippen molar-refractivity contribution in [3.8, 4) is 34.0 Å². The highest BCUT2D eigenvalue weighted by Gasteiger charge is 2.22. The van der Waals surface area contributed by atoms with Crippen molar-refractivity contribution in [3.05, 3.63) is 91.5 Å². The predicted molar refractivity (Wildman–Crippen MR) is 264 cm³/mol. The van der Waals surface area contributed by atoms with Gasteiger partial charge in [-0.25, -0.2) is 19.9 Å². The van der Waals surface area contributed by atoms with Gasteiger partial charge in [0, 0.05) is 88.8 Å². The van der Waals surface area contributed by atoms with Crippen LogP contribution in [0.4, 0.5) is 0 Å². The molecule has 65 heavy (non-hydrogen) atoms. The molecule has 1 N–H and O–H groups in total. The van der Waals surface area contributed by atoms with Crippen LogP contribution < -0.4 is 14.8 Å². The van der Waals surface area contributed by atoms with Gasteiger partial charge in [0.1, 0.15) is 30.5 Å². The van der Waals surface area contributed by atoms with Crippen molar-refractivity contribution in [2.75, 3.05) is 27.4 Å². The van der Waals surface area contributed by atoms with Crippen LogP contribution in [0.1, 0.15) is 5.69 Å². The second-order valence-corrected chi connectivity index (χ2v) is 30.2. The number of carbonyl (C=O) groups excluding carboxylic acids is 1. The summed E-state index contributed by atoms with van der Waals surface area (Å²) in [6, 6.07) is 18.7. The molecular formula is C48H60N10O5Si2. The molecule has 2 aromatic carbocycles. The minimum Gasteiger partial charge on any atom is -0.497 e. The molecule has 9 rings (SSSR count). The molecule has 0 aliphatic rings. The number of ether oxygens (including phenoxy) is 4. The van der Waals surface area contributed by atoms with Crippen LogP contribution in [0.2, 0.25) is 51.4 Å². The number of rotatable bonds is 17. The van der Waals surface area contributed by atoms with Crippen LogP contribution in [0.25, 0.3) is 72.2 Å². The summed E-state index contributed by atoms with van der Waals surface area (Å²) in [6.45, 7) is 16.8. The molecule has 0 spiro atoms. The Morgan fingerprint density at radius 2 is 1.23 bits per heavy atom. The summed E-state index contributed by atoms with van der Waals surface area (Å²) in [5, 5.41) is 4.88. The van der Waals surface area contributed by atoms with Crippen molar-refractivity contribution < 1.29 is 23.7 Å². The number of methoxy groups -OCH3 is 2. The zero-order chi connectivity index (χ0) is 46.0. The third-order valence-electron chi connectivity index (χ3n) is 11.7. The van der Waals surface area contributed by atoms with E-state index >= 15 is 0 Å². The summed E-state index contributed by atoms with van der Waals surface area (Å²) in [7, 11) is 5.14. The Bertz CT molecular complexity index is 3130. The number of imidazole rings is 1. The fourth-order valence-electron chi connectivity index (χ4n) is 8.04. The number of hydrogen-bond acceptors (Lipinski definition) is 9. The van der Waals surface area contributed by atoms with Gasteiger partial charge in [0.05, 0.1) is 73.8 Å². The van der Waals surface area contributed by atoms with E-state index in [1.54, 1.807) is 20.4 Å². The first kappa shape index (κ1) is 45.3. The number of aromatic nitrogens is 9. The molecule has 7 aromatic heterocycles. The number of nitrogens with one attached hydrogen (secondary N) is 1. The maximum atomic E-state index is 10.7. The quantitative estimate of drug-likeness (QED) is 0.0538. The molecule has 15 nitrogen and oxygen atoms in total. The number of nitrogens with zero attached hydrogens (tertiary/aromatic N) is 9. The van der Waals surface area contributed by atoms with Gasteiger partial charge in [-0.1, -0.05) is 39.3 Å². The van der Waals surface area contributed by atoms with Gasteiger partial charge in [-0.05, 0) is 60.6 Å². The fourth-order valence-corrected chi connectivity index (χ4v) is 9.55. The lowest BCUT2D eigenvalue weighted by Gasteiger charge is -2.16. The van der Waals surface area contributed by atoms with Crippen LogP contribution in [-0.4, -0.2) is 92.6 Å². The summed E-state index contributed by atoms with van der Waals surface area (Å²) in [4.78, 5) is 29.2. The fraction of sp³-hybridized carbons (Fsp3) is 0.354. The Kier molecular flexibility index (Phi) is 13.0. The van der Waals surface area contributed by atoms with E-state index in [1.165, 1.54) is 0 Å². The number of fused-ring (bicyclic) bond motifs is 6. The van der Waals surface area contributed by atoms with E-state index < -0.39 is 16.1 Å². The molecule has 0 aliphatic carbocycles. The van der Waals surface area contributed by atoms with Crippen LogP contribution >= 0.6 is 0 Å². The van der Waals surface area contributed by atoms with Gasteiger partial charge in [0.25, 0.3) is 0 Å². The molecule has 0 saturated heterocycles. The molecule has 0 saturated carbocycles. The smallest absolute Gasteiger partial charge is 0.207 e. The van der Waals surface area contributed by atoms with Gasteiger partial charge in [-0.3, -0.25) is 18.3 Å². The van der Waals surface area contributed by atoms with Gasteiger partial charge in [0.2, 0.25) is 6.41 Å². The molecule has 7 heterocycles. The lowest BCUT2D eigenvalue weighted by molar-refractivity contribution is -0.109. The van der Waals surface area contributed by atoms with E-state index in [1.807, 2.05) is 44.0 Å². The van der Waals surface area contributed by atoms with Crippen LogP contribution in [0.15, 0.2) is 85.8 Å². The summed E-state index contributed by atoms with van der Waals surface area (Å²) in [5.41, 5.74) is 11.6. The highest BCUT2D eigenvalue weighted by molar-refractivity contribution is 6.76. The highest BCUT2D eigenvalue weighted by atomic mass is 28.3. The molecule has 17 heteroatoms. The SMILES string of the molecule is COc1ccc2c(c1)c(-c1cc3c(ncc4cncn43)n1COCC[Si](C)(C)C)cn2C.COc1ccc2c(c1)c(-c1cc3nc(CNC=O)cnc3n1COCC[Si](C)(C)C)cn2C. The second-order valence-electron chi connectivity index (χ2n) is 18.9. The number of aryl methyl sites for hydroxylation is 2. The van der Waals surface area contributed by atoms with Crippen LogP contribution in [0.3, 0.4) is 0 Å². The summed E-state index contributed by atoms with van der Waals surface area (Å²) in [6.07, 6.45) is 12.2.